The van der Waals surface area contributed by atoms with Crippen molar-refractivity contribution in [2.75, 3.05) is 11.9 Å². The maximum atomic E-state index is 11.8. The van der Waals surface area contributed by atoms with E-state index in [1.54, 1.807) is 18.2 Å². The lowest BCUT2D eigenvalue weighted by atomic mass is 10.1. The predicted molar refractivity (Wildman–Crippen MR) is 88.4 cm³/mol. The van der Waals surface area contributed by atoms with Crippen LogP contribution in [-0.4, -0.2) is 12.6 Å². The monoisotopic (exact) mass is 322 g/mol. The van der Waals surface area contributed by atoms with E-state index in [0.29, 0.717) is 22.3 Å². The van der Waals surface area contributed by atoms with E-state index < -0.39 is 0 Å². The summed E-state index contributed by atoms with van der Waals surface area (Å²) in [5.74, 6) is 0. The number of halogens is 2. The van der Waals surface area contributed by atoms with Crippen molar-refractivity contribution in [1.29, 1.82) is 0 Å². The molecular formula is C16H16Cl2N2O. The number of urea groups is 1. The van der Waals surface area contributed by atoms with E-state index >= 15 is 0 Å². The van der Waals surface area contributed by atoms with E-state index in [1.807, 2.05) is 12.1 Å². The Hall–Kier alpha value is -1.71. The first-order chi connectivity index (χ1) is 10.1. The van der Waals surface area contributed by atoms with Gasteiger partial charge in [-0.3, -0.25) is 0 Å². The molecule has 0 radical (unpaired) electrons. The molecule has 0 fully saturated rings. The van der Waals surface area contributed by atoms with Crippen molar-refractivity contribution in [2.24, 2.45) is 0 Å². The minimum atomic E-state index is -0.284. The summed E-state index contributed by atoms with van der Waals surface area (Å²) < 4.78 is 0. The van der Waals surface area contributed by atoms with Gasteiger partial charge in [0.1, 0.15) is 0 Å². The molecule has 2 N–H and O–H groups in total. The van der Waals surface area contributed by atoms with Gasteiger partial charge < -0.3 is 10.6 Å². The molecule has 21 heavy (non-hydrogen) atoms. The molecule has 0 heterocycles. The lowest BCUT2D eigenvalue weighted by Gasteiger charge is -2.10. The number of aryl methyl sites for hydroxylation is 1. The summed E-state index contributed by atoms with van der Waals surface area (Å²) in [7, 11) is 0. The number of amides is 2. The van der Waals surface area contributed by atoms with Gasteiger partial charge in [-0.2, -0.15) is 0 Å². The first-order valence-electron chi connectivity index (χ1n) is 6.60. The largest absolute Gasteiger partial charge is 0.338 e. The van der Waals surface area contributed by atoms with Crippen molar-refractivity contribution >= 4 is 34.9 Å². The first-order valence-corrected chi connectivity index (χ1v) is 7.36. The normalized spacial score (nSPS) is 10.2. The molecule has 0 bridgehead atoms. The fourth-order valence-electron chi connectivity index (χ4n) is 1.96. The van der Waals surface area contributed by atoms with Crippen molar-refractivity contribution in [1.82, 2.24) is 5.32 Å². The molecule has 0 aliphatic rings. The molecule has 0 saturated heterocycles. The summed E-state index contributed by atoms with van der Waals surface area (Å²) in [5, 5.41) is 6.45. The maximum absolute atomic E-state index is 11.8. The van der Waals surface area contributed by atoms with Gasteiger partial charge in [-0.1, -0.05) is 47.5 Å². The third-order valence-electron chi connectivity index (χ3n) is 3.12. The van der Waals surface area contributed by atoms with Crippen molar-refractivity contribution in [3.8, 4) is 0 Å². The Morgan fingerprint density at radius 3 is 2.62 bits per heavy atom. The summed E-state index contributed by atoms with van der Waals surface area (Å²) in [6.45, 7) is 2.62. The molecular weight excluding hydrogens is 307 g/mol. The number of rotatable bonds is 4. The zero-order valence-electron chi connectivity index (χ0n) is 11.6. The van der Waals surface area contributed by atoms with Gasteiger partial charge in [0, 0.05) is 11.6 Å². The third kappa shape index (κ3) is 4.66. The first kappa shape index (κ1) is 15.7. The highest BCUT2D eigenvalue weighted by molar-refractivity contribution is 6.36. The summed E-state index contributed by atoms with van der Waals surface area (Å²) in [4.78, 5) is 11.8. The molecule has 0 aliphatic carbocycles. The second-order valence-electron chi connectivity index (χ2n) is 4.68. The molecule has 0 saturated carbocycles. The van der Waals surface area contributed by atoms with Gasteiger partial charge >= 0.3 is 6.03 Å². The summed E-state index contributed by atoms with van der Waals surface area (Å²) >= 11 is 11.8. The molecule has 2 rings (SSSR count). The van der Waals surface area contributed by atoms with Crippen LogP contribution in [0.25, 0.3) is 0 Å². The highest BCUT2D eigenvalue weighted by atomic mass is 35.5. The summed E-state index contributed by atoms with van der Waals surface area (Å²) in [5.41, 5.74) is 2.98. The molecule has 3 nitrogen and oxygen atoms in total. The van der Waals surface area contributed by atoms with Crippen molar-refractivity contribution in [3.05, 3.63) is 63.6 Å². The van der Waals surface area contributed by atoms with Gasteiger partial charge in [0.2, 0.25) is 0 Å². The number of benzene rings is 2. The molecule has 0 atom stereocenters. The van der Waals surface area contributed by atoms with Crippen LogP contribution in [0.2, 0.25) is 10.0 Å². The lowest BCUT2D eigenvalue weighted by Crippen LogP contribution is -2.30. The number of hydrogen-bond acceptors (Lipinski definition) is 1. The summed E-state index contributed by atoms with van der Waals surface area (Å²) in [6, 6.07) is 12.8. The van der Waals surface area contributed by atoms with E-state index in [-0.39, 0.29) is 6.03 Å². The second kappa shape index (κ2) is 7.34. The number of carbonyl (C=O) groups excluding carboxylic acids is 1. The molecule has 2 amide bonds. The smallest absolute Gasteiger partial charge is 0.319 e. The molecule has 0 spiro atoms. The minimum Gasteiger partial charge on any atom is -0.338 e. The van der Waals surface area contributed by atoms with Gasteiger partial charge in [-0.25, -0.2) is 4.79 Å². The van der Waals surface area contributed by atoms with Gasteiger partial charge in [0.25, 0.3) is 0 Å². The number of hydrogen-bond donors (Lipinski definition) is 2. The zero-order chi connectivity index (χ0) is 15.2. The molecule has 2 aromatic rings. The number of carbonyl (C=O) groups is 1. The van der Waals surface area contributed by atoms with Crippen LogP contribution in [0, 0.1) is 6.92 Å². The van der Waals surface area contributed by atoms with Crippen LogP contribution < -0.4 is 10.6 Å². The standard InChI is InChI=1S/C16H16Cl2N2O/c1-11-4-2-3-5-12(11)8-9-19-16(21)20-15-7-6-13(17)10-14(15)18/h2-7,10H,8-9H2,1H3,(H2,19,20,21). The molecule has 0 unspecified atom stereocenters. The lowest BCUT2D eigenvalue weighted by molar-refractivity contribution is 0.252. The maximum Gasteiger partial charge on any atom is 0.319 e. The SMILES string of the molecule is Cc1ccccc1CCNC(=O)Nc1ccc(Cl)cc1Cl. The van der Waals surface area contributed by atoms with Crippen molar-refractivity contribution in [3.63, 3.8) is 0 Å². The summed E-state index contributed by atoms with van der Waals surface area (Å²) in [6.07, 6.45) is 0.786. The van der Waals surface area contributed by atoms with Gasteiger partial charge in [0.15, 0.2) is 0 Å². The Morgan fingerprint density at radius 1 is 1.14 bits per heavy atom. The quantitative estimate of drug-likeness (QED) is 0.844. The van der Waals surface area contributed by atoms with E-state index in [1.165, 1.54) is 11.1 Å². The number of nitrogens with one attached hydrogen (secondary N) is 2. The van der Waals surface area contributed by atoms with Crippen LogP contribution >= 0.6 is 23.2 Å². The third-order valence-corrected chi connectivity index (χ3v) is 3.67. The van der Waals surface area contributed by atoms with E-state index in [4.69, 9.17) is 23.2 Å². The van der Waals surface area contributed by atoms with Gasteiger partial charge in [-0.15, -0.1) is 0 Å². The Balaban J connectivity index is 1.84. The average Bonchev–Trinajstić information content (AvgIpc) is 2.44. The number of anilines is 1. The molecule has 110 valence electrons. The minimum absolute atomic E-state index is 0.284. The second-order valence-corrected chi connectivity index (χ2v) is 5.53. The van der Waals surface area contributed by atoms with Crippen LogP contribution in [0.15, 0.2) is 42.5 Å². The van der Waals surface area contributed by atoms with Crippen LogP contribution in [-0.2, 0) is 6.42 Å². The van der Waals surface area contributed by atoms with Crippen LogP contribution in [0.3, 0.4) is 0 Å². The van der Waals surface area contributed by atoms with E-state index in [9.17, 15) is 4.79 Å². The van der Waals surface area contributed by atoms with Crippen LogP contribution in [0.4, 0.5) is 10.5 Å². The predicted octanol–water partition coefficient (Wildman–Crippen LogP) is 4.67. The topological polar surface area (TPSA) is 41.1 Å². The molecule has 5 heteroatoms. The highest BCUT2D eigenvalue weighted by Crippen LogP contribution is 2.25. The molecule has 0 aliphatic heterocycles. The fourth-order valence-corrected chi connectivity index (χ4v) is 2.41. The Bertz CT molecular complexity index is 644. The zero-order valence-corrected chi connectivity index (χ0v) is 13.1. The van der Waals surface area contributed by atoms with Crippen molar-refractivity contribution < 1.29 is 4.79 Å². The Kier molecular flexibility index (Phi) is 5.48. The van der Waals surface area contributed by atoms with Gasteiger partial charge in [-0.05, 0) is 42.7 Å². The van der Waals surface area contributed by atoms with E-state index in [2.05, 4.69) is 29.7 Å². The highest BCUT2D eigenvalue weighted by Gasteiger charge is 2.06. The molecule has 2 aromatic carbocycles. The molecule has 0 aromatic heterocycles. The van der Waals surface area contributed by atoms with Crippen molar-refractivity contribution in [2.45, 2.75) is 13.3 Å². The van der Waals surface area contributed by atoms with Crippen LogP contribution in [0.1, 0.15) is 11.1 Å². The fraction of sp³-hybridized carbons (Fsp3) is 0.188. The Morgan fingerprint density at radius 2 is 1.90 bits per heavy atom. The van der Waals surface area contributed by atoms with Crippen LogP contribution in [0.5, 0.6) is 0 Å². The van der Waals surface area contributed by atoms with Gasteiger partial charge in [0.05, 0.1) is 10.7 Å². The Labute approximate surface area is 134 Å². The average molecular weight is 323 g/mol. The van der Waals surface area contributed by atoms with E-state index in [0.717, 1.165) is 6.42 Å².